The van der Waals surface area contributed by atoms with Gasteiger partial charge in [0.1, 0.15) is 0 Å². The van der Waals surface area contributed by atoms with Crippen molar-refractivity contribution in [3.05, 3.63) is 175 Å². The predicted octanol–water partition coefficient (Wildman–Crippen LogP) is 10.8. The van der Waals surface area contributed by atoms with Crippen molar-refractivity contribution < 1.29 is 0 Å². The van der Waals surface area contributed by atoms with Crippen molar-refractivity contribution in [1.29, 1.82) is 0 Å². The van der Waals surface area contributed by atoms with E-state index in [9.17, 15) is 0 Å². The summed E-state index contributed by atoms with van der Waals surface area (Å²) < 4.78 is 2.06. The summed E-state index contributed by atoms with van der Waals surface area (Å²) in [5, 5.41) is 12.3. The molecule has 0 N–H and O–H groups in total. The third-order valence-electron chi connectivity index (χ3n) is 8.96. The fourth-order valence-electron chi connectivity index (χ4n) is 6.47. The molecule has 0 atom stereocenters. The normalized spacial score (nSPS) is 16.0. The van der Waals surface area contributed by atoms with Crippen LogP contribution in [0.25, 0.3) is 39.3 Å². The van der Waals surface area contributed by atoms with E-state index >= 15 is 0 Å². The molecular formula is C43H36N4. The Balaban J connectivity index is 1.07. The molecule has 0 radical (unpaired) electrons. The minimum absolute atomic E-state index is 0.812. The molecule has 1 aliphatic heterocycles. The summed E-state index contributed by atoms with van der Waals surface area (Å²) in [6, 6.07) is 40.7. The monoisotopic (exact) mass is 608 g/mol. The number of nitrogens with zero attached hydrogens (tertiary/aromatic N) is 4. The third-order valence-corrected chi connectivity index (χ3v) is 8.96. The first kappa shape index (κ1) is 28.7. The van der Waals surface area contributed by atoms with Gasteiger partial charge in [-0.15, -0.1) is 0 Å². The number of hydrogen-bond acceptors (Lipinski definition) is 3. The van der Waals surface area contributed by atoms with Gasteiger partial charge >= 0.3 is 0 Å². The smallest absolute Gasteiger partial charge is 0.0930 e. The lowest BCUT2D eigenvalue weighted by molar-refractivity contribution is 0.880. The molecule has 4 nitrogen and oxygen atoms in total. The predicted molar refractivity (Wildman–Crippen MR) is 196 cm³/mol. The van der Waals surface area contributed by atoms with Crippen molar-refractivity contribution in [2.75, 3.05) is 5.01 Å². The molecule has 0 amide bonds. The van der Waals surface area contributed by atoms with E-state index in [-0.39, 0.29) is 0 Å². The SMILES string of the molecule is C1=CC(C2=NN(c3ccccc3)C(c3ccc(-c4ccc(-c5cc(C6=CCCC=C6)nn5-c5ccccc5)cc4)cc3)=CC2)=CCC1. The average Bonchev–Trinajstić information content (AvgIpc) is 3.62. The average molecular weight is 609 g/mol. The minimum Gasteiger partial charge on any atom is -0.233 e. The van der Waals surface area contributed by atoms with Gasteiger partial charge in [0.15, 0.2) is 0 Å². The van der Waals surface area contributed by atoms with E-state index in [1.165, 1.54) is 22.3 Å². The van der Waals surface area contributed by atoms with Crippen LogP contribution in [0.3, 0.4) is 0 Å². The van der Waals surface area contributed by atoms with E-state index in [1.807, 2.05) is 12.1 Å². The Hall–Kier alpha value is -5.74. The molecule has 228 valence electrons. The molecular weight excluding hydrogens is 573 g/mol. The van der Waals surface area contributed by atoms with E-state index < -0.39 is 0 Å². The summed E-state index contributed by atoms with van der Waals surface area (Å²) in [6.45, 7) is 0. The number of anilines is 1. The number of hydrogen-bond donors (Lipinski definition) is 0. The van der Waals surface area contributed by atoms with Crippen molar-refractivity contribution in [2.45, 2.75) is 32.1 Å². The van der Waals surface area contributed by atoms with E-state index in [0.717, 1.165) is 77.4 Å². The van der Waals surface area contributed by atoms with Crippen LogP contribution in [0.1, 0.15) is 43.4 Å². The zero-order chi connectivity index (χ0) is 31.4. The molecule has 0 unspecified atom stereocenters. The van der Waals surface area contributed by atoms with Gasteiger partial charge in [-0.3, -0.25) is 0 Å². The van der Waals surface area contributed by atoms with Crippen molar-refractivity contribution in [2.24, 2.45) is 5.10 Å². The Labute approximate surface area is 276 Å². The van der Waals surface area contributed by atoms with Crippen LogP contribution in [0.5, 0.6) is 0 Å². The minimum atomic E-state index is 0.812. The van der Waals surface area contributed by atoms with Gasteiger partial charge < -0.3 is 0 Å². The first-order valence-electron chi connectivity index (χ1n) is 16.5. The van der Waals surface area contributed by atoms with E-state index in [1.54, 1.807) is 0 Å². The van der Waals surface area contributed by atoms with Crippen molar-refractivity contribution >= 4 is 22.7 Å². The highest BCUT2D eigenvalue weighted by atomic mass is 15.5. The van der Waals surface area contributed by atoms with Crippen LogP contribution in [0.2, 0.25) is 0 Å². The number of aromatic nitrogens is 2. The zero-order valence-corrected chi connectivity index (χ0v) is 26.3. The van der Waals surface area contributed by atoms with Crippen LogP contribution >= 0.6 is 0 Å². The highest BCUT2D eigenvalue weighted by Crippen LogP contribution is 2.34. The molecule has 1 aromatic heterocycles. The molecule has 2 aliphatic carbocycles. The maximum Gasteiger partial charge on any atom is 0.0930 e. The quantitative estimate of drug-likeness (QED) is 0.184. The maximum atomic E-state index is 5.16. The molecule has 8 rings (SSSR count). The first-order valence-corrected chi connectivity index (χ1v) is 16.5. The lowest BCUT2D eigenvalue weighted by Crippen LogP contribution is -2.22. The van der Waals surface area contributed by atoms with E-state index in [4.69, 9.17) is 10.2 Å². The second-order valence-electron chi connectivity index (χ2n) is 12.1. The zero-order valence-electron chi connectivity index (χ0n) is 26.3. The Morgan fingerprint density at radius 2 is 1.09 bits per heavy atom. The number of para-hydroxylation sites is 2. The molecule has 2 heterocycles. The Bertz CT molecular complexity index is 2070. The fraction of sp³-hybridized carbons (Fsp3) is 0.116. The maximum absolute atomic E-state index is 5.16. The van der Waals surface area contributed by atoms with Crippen LogP contribution in [-0.2, 0) is 0 Å². The second kappa shape index (κ2) is 12.9. The molecule has 0 saturated carbocycles. The number of allylic oxidation sites excluding steroid dienone is 9. The van der Waals surface area contributed by atoms with Crippen LogP contribution in [0.4, 0.5) is 5.69 Å². The van der Waals surface area contributed by atoms with Crippen molar-refractivity contribution in [3.63, 3.8) is 0 Å². The fourth-order valence-corrected chi connectivity index (χ4v) is 6.47. The highest BCUT2D eigenvalue weighted by molar-refractivity contribution is 6.07. The summed E-state index contributed by atoms with van der Waals surface area (Å²) in [5.41, 5.74) is 13.5. The number of benzene rings is 4. The first-order chi connectivity index (χ1) is 23.3. The second-order valence-corrected chi connectivity index (χ2v) is 12.1. The summed E-state index contributed by atoms with van der Waals surface area (Å²) >= 11 is 0. The van der Waals surface area contributed by atoms with Crippen LogP contribution in [0.15, 0.2) is 168 Å². The van der Waals surface area contributed by atoms with Crippen LogP contribution in [-0.4, -0.2) is 15.5 Å². The van der Waals surface area contributed by atoms with E-state index in [2.05, 4.69) is 155 Å². The van der Waals surface area contributed by atoms with Gasteiger partial charge in [-0.05, 0) is 83.9 Å². The van der Waals surface area contributed by atoms with Gasteiger partial charge in [-0.25, -0.2) is 9.69 Å². The largest absolute Gasteiger partial charge is 0.233 e. The number of hydrazone groups is 1. The topological polar surface area (TPSA) is 33.4 Å². The summed E-state index contributed by atoms with van der Waals surface area (Å²) in [6.07, 6.45) is 20.9. The number of rotatable bonds is 7. The van der Waals surface area contributed by atoms with Gasteiger partial charge in [0.05, 0.1) is 34.2 Å². The van der Waals surface area contributed by atoms with Gasteiger partial charge in [0.2, 0.25) is 0 Å². The van der Waals surface area contributed by atoms with Gasteiger partial charge in [-0.2, -0.15) is 10.2 Å². The molecule has 47 heavy (non-hydrogen) atoms. The summed E-state index contributed by atoms with van der Waals surface area (Å²) in [7, 11) is 0. The van der Waals surface area contributed by atoms with Gasteiger partial charge in [0, 0.05) is 12.0 Å². The van der Waals surface area contributed by atoms with Crippen molar-refractivity contribution in [1.82, 2.24) is 9.78 Å². The molecule has 0 bridgehead atoms. The summed E-state index contributed by atoms with van der Waals surface area (Å²) in [5.74, 6) is 0. The molecule has 0 spiro atoms. The van der Waals surface area contributed by atoms with Gasteiger partial charge in [-0.1, -0.05) is 127 Å². The molecule has 0 saturated heterocycles. The molecule has 3 aliphatic rings. The van der Waals surface area contributed by atoms with Crippen molar-refractivity contribution in [3.8, 4) is 28.1 Å². The Kier molecular flexibility index (Phi) is 7.90. The lowest BCUT2D eigenvalue weighted by Gasteiger charge is -2.28. The molecule has 0 fully saturated rings. The lowest BCUT2D eigenvalue weighted by atomic mass is 9.97. The van der Waals surface area contributed by atoms with Gasteiger partial charge in [0.25, 0.3) is 0 Å². The van der Waals surface area contributed by atoms with E-state index in [0.29, 0.717) is 0 Å². The third kappa shape index (κ3) is 5.98. The van der Waals surface area contributed by atoms with Crippen LogP contribution in [0, 0.1) is 0 Å². The summed E-state index contributed by atoms with van der Waals surface area (Å²) in [4.78, 5) is 0. The highest BCUT2D eigenvalue weighted by Gasteiger charge is 2.21. The van der Waals surface area contributed by atoms with Crippen LogP contribution < -0.4 is 5.01 Å². The molecule has 4 heteroatoms. The molecule has 4 aromatic carbocycles. The Morgan fingerprint density at radius 3 is 1.70 bits per heavy atom. The Morgan fingerprint density at radius 1 is 0.511 bits per heavy atom. The molecule has 5 aromatic rings. The standard InChI is InChI=1S/C43H36N4/c1-5-13-34(14-6-1)40-29-30-42(46(44-40)38-17-9-3-10-18-38)36-25-21-32(22-26-36)33-23-27-37(28-24-33)43-31-41(35-15-7-2-8-16-35)45-47(43)39-19-11-4-12-20-39/h3-5,7,9-28,30-31H,1-2,6,8,29H2.